The molecule has 2 fully saturated rings. The van der Waals surface area contributed by atoms with E-state index in [9.17, 15) is 19.8 Å². The van der Waals surface area contributed by atoms with Crippen molar-refractivity contribution < 1.29 is 73.0 Å². The number of aliphatic carboxylic acids is 1. The SMILES string of the molecule is CC1(C)O[C@@H]([C@H](OCc2ccccc2)[C@H]2COC(C)(C)O2)[C@@H]([C@@H](O)CC(=O)C(=O)[O-])O1.[Na+]. The monoisotopic (exact) mass is 460 g/mol. The number of rotatable bonds is 9. The molecule has 10 heteroatoms. The maximum atomic E-state index is 11.6. The molecule has 9 nitrogen and oxygen atoms in total. The molecular weight excluding hydrogens is 431 g/mol. The van der Waals surface area contributed by atoms with Gasteiger partial charge in [0.15, 0.2) is 17.4 Å². The Morgan fingerprint density at radius 3 is 2.28 bits per heavy atom. The third kappa shape index (κ3) is 7.06. The van der Waals surface area contributed by atoms with E-state index in [1.807, 2.05) is 30.3 Å². The van der Waals surface area contributed by atoms with Crippen molar-refractivity contribution in [3.8, 4) is 0 Å². The van der Waals surface area contributed by atoms with Gasteiger partial charge in [-0.1, -0.05) is 30.3 Å². The number of ether oxygens (including phenoxy) is 5. The number of carboxylic acid groups (broad SMARTS) is 1. The van der Waals surface area contributed by atoms with Crippen LogP contribution in [-0.2, 0) is 39.9 Å². The molecule has 0 aliphatic carbocycles. The Morgan fingerprint density at radius 1 is 1.09 bits per heavy atom. The van der Waals surface area contributed by atoms with E-state index in [0.29, 0.717) is 0 Å². The van der Waals surface area contributed by atoms with E-state index in [0.717, 1.165) is 5.56 Å². The van der Waals surface area contributed by atoms with Crippen LogP contribution >= 0.6 is 0 Å². The topological polar surface area (TPSA) is 124 Å². The predicted octanol–water partition coefficient (Wildman–Crippen LogP) is -2.68. The van der Waals surface area contributed by atoms with E-state index in [-0.39, 0.29) is 42.8 Å². The summed E-state index contributed by atoms with van der Waals surface area (Å²) in [5.74, 6) is -5.00. The van der Waals surface area contributed by atoms with Crippen LogP contribution in [0, 0.1) is 0 Å². The standard InChI is InChI=1S/C22H30O9.Na/c1-21(2)28-12-16(29-21)18(27-11-13-8-6-5-7-9-13)19-17(30-22(3,4)31-19)14(23)10-15(24)20(25)26;/h5-9,14,16-19,23H,10-12H2,1-4H3,(H,25,26);/q;+1/p-1/t14-,16+,17+,18+,19+;/m0./s1. The minimum absolute atomic E-state index is 0. The Hall–Kier alpha value is -0.880. The first-order valence-electron chi connectivity index (χ1n) is 10.2. The summed E-state index contributed by atoms with van der Waals surface area (Å²) in [6.45, 7) is 7.36. The smallest absolute Gasteiger partial charge is 0.542 e. The first kappa shape index (κ1) is 27.4. The Balaban J connectivity index is 0.00000363. The summed E-state index contributed by atoms with van der Waals surface area (Å²) in [7, 11) is 0. The summed E-state index contributed by atoms with van der Waals surface area (Å²) < 4.78 is 29.7. The van der Waals surface area contributed by atoms with Crippen molar-refractivity contribution in [3.63, 3.8) is 0 Å². The molecule has 1 N–H and O–H groups in total. The molecular formula is C22H29NaO9. The van der Waals surface area contributed by atoms with Crippen LogP contribution in [0.2, 0.25) is 0 Å². The molecule has 2 aliphatic rings. The summed E-state index contributed by atoms with van der Waals surface area (Å²) in [6.07, 6.45) is -5.22. The Labute approximate surface area is 209 Å². The van der Waals surface area contributed by atoms with Crippen LogP contribution in [0.15, 0.2) is 30.3 Å². The van der Waals surface area contributed by atoms with Crippen LogP contribution in [0.4, 0.5) is 0 Å². The summed E-state index contributed by atoms with van der Waals surface area (Å²) >= 11 is 0. The van der Waals surface area contributed by atoms with E-state index in [1.54, 1.807) is 27.7 Å². The maximum absolute atomic E-state index is 11.6. The number of carbonyl (C=O) groups excluding carboxylic acids is 2. The van der Waals surface area contributed by atoms with Crippen LogP contribution in [0.5, 0.6) is 0 Å². The van der Waals surface area contributed by atoms with Gasteiger partial charge < -0.3 is 38.7 Å². The zero-order valence-electron chi connectivity index (χ0n) is 19.1. The van der Waals surface area contributed by atoms with E-state index in [4.69, 9.17) is 23.7 Å². The van der Waals surface area contributed by atoms with Crippen molar-refractivity contribution >= 4 is 11.8 Å². The second-order valence-corrected chi connectivity index (χ2v) is 8.68. The van der Waals surface area contributed by atoms with Crippen LogP contribution in [0.1, 0.15) is 39.7 Å². The molecule has 0 radical (unpaired) electrons. The molecule has 0 aromatic heterocycles. The van der Waals surface area contributed by atoms with Crippen molar-refractivity contribution in [1.29, 1.82) is 0 Å². The minimum atomic E-state index is -1.86. The fourth-order valence-electron chi connectivity index (χ4n) is 3.82. The average molecular weight is 460 g/mol. The van der Waals surface area contributed by atoms with Crippen LogP contribution in [-0.4, -0.2) is 65.6 Å². The van der Waals surface area contributed by atoms with Gasteiger partial charge in [-0.15, -0.1) is 0 Å². The van der Waals surface area contributed by atoms with Gasteiger partial charge in [0, 0.05) is 6.42 Å². The summed E-state index contributed by atoms with van der Waals surface area (Å²) in [6, 6.07) is 9.50. The van der Waals surface area contributed by atoms with E-state index >= 15 is 0 Å². The van der Waals surface area contributed by atoms with Gasteiger partial charge in [-0.3, -0.25) is 4.79 Å². The molecule has 0 saturated carbocycles. The van der Waals surface area contributed by atoms with Crippen LogP contribution in [0.25, 0.3) is 0 Å². The second-order valence-electron chi connectivity index (χ2n) is 8.68. The van der Waals surface area contributed by atoms with Crippen molar-refractivity contribution in [2.75, 3.05) is 6.61 Å². The Morgan fingerprint density at radius 2 is 1.72 bits per heavy atom. The fourth-order valence-corrected chi connectivity index (χ4v) is 3.82. The van der Waals surface area contributed by atoms with E-state index in [2.05, 4.69) is 0 Å². The number of hydrogen-bond donors (Lipinski definition) is 1. The molecule has 0 bridgehead atoms. The van der Waals surface area contributed by atoms with Crippen LogP contribution < -0.4 is 34.7 Å². The third-order valence-electron chi connectivity index (χ3n) is 5.17. The quantitative estimate of drug-likeness (QED) is 0.310. The first-order valence-corrected chi connectivity index (χ1v) is 10.2. The molecule has 3 rings (SSSR count). The van der Waals surface area contributed by atoms with E-state index in [1.165, 1.54) is 0 Å². The molecule has 0 spiro atoms. The Kier molecular flexibility index (Phi) is 9.43. The third-order valence-corrected chi connectivity index (χ3v) is 5.17. The second kappa shape index (κ2) is 11.0. The number of aliphatic hydroxyl groups is 1. The van der Waals surface area contributed by atoms with Crippen molar-refractivity contribution in [2.24, 2.45) is 0 Å². The maximum Gasteiger partial charge on any atom is 1.00 e. The summed E-state index contributed by atoms with van der Waals surface area (Å²) in [4.78, 5) is 22.4. The zero-order valence-corrected chi connectivity index (χ0v) is 21.1. The number of ketones is 1. The van der Waals surface area contributed by atoms with Crippen LogP contribution in [0.3, 0.4) is 0 Å². The molecule has 5 atom stereocenters. The summed E-state index contributed by atoms with van der Waals surface area (Å²) in [5, 5.41) is 21.4. The number of carbonyl (C=O) groups is 2. The average Bonchev–Trinajstić information content (AvgIpc) is 3.21. The molecule has 172 valence electrons. The fraction of sp³-hybridized carbons (Fsp3) is 0.636. The minimum Gasteiger partial charge on any atom is -0.542 e. The van der Waals surface area contributed by atoms with Crippen molar-refractivity contribution in [2.45, 2.75) is 82.8 Å². The number of benzene rings is 1. The first-order chi connectivity index (χ1) is 14.5. The van der Waals surface area contributed by atoms with Gasteiger partial charge in [0.25, 0.3) is 0 Å². The van der Waals surface area contributed by atoms with Gasteiger partial charge in [-0.25, -0.2) is 0 Å². The Bertz CT molecular complexity index is 783. The molecule has 2 heterocycles. The predicted molar refractivity (Wildman–Crippen MR) is 104 cm³/mol. The molecule has 0 unspecified atom stereocenters. The molecule has 1 aromatic rings. The van der Waals surface area contributed by atoms with E-state index < -0.39 is 60.3 Å². The number of Topliss-reactive ketones (excluding diaryl/α,β-unsaturated/α-hetero) is 1. The molecule has 1 aromatic carbocycles. The van der Waals surface area contributed by atoms with Gasteiger partial charge in [-0.2, -0.15) is 0 Å². The van der Waals surface area contributed by atoms with Crippen molar-refractivity contribution in [3.05, 3.63) is 35.9 Å². The number of aliphatic hydroxyl groups excluding tert-OH is 1. The van der Waals surface area contributed by atoms with Crippen molar-refractivity contribution in [1.82, 2.24) is 0 Å². The number of carboxylic acids is 1. The molecule has 0 amide bonds. The van der Waals surface area contributed by atoms with Gasteiger partial charge in [0.05, 0.1) is 19.3 Å². The number of hydrogen-bond acceptors (Lipinski definition) is 9. The largest absolute Gasteiger partial charge is 1.00 e. The summed E-state index contributed by atoms with van der Waals surface area (Å²) in [5.41, 5.74) is 0.924. The zero-order chi connectivity index (χ0) is 22.8. The molecule has 2 saturated heterocycles. The molecule has 2 aliphatic heterocycles. The van der Waals surface area contributed by atoms with Gasteiger partial charge >= 0.3 is 29.6 Å². The normalized spacial score (nSPS) is 28.0. The van der Waals surface area contributed by atoms with Gasteiger partial charge in [0.2, 0.25) is 0 Å². The van der Waals surface area contributed by atoms with Gasteiger partial charge in [0.1, 0.15) is 30.4 Å². The van der Waals surface area contributed by atoms with Gasteiger partial charge in [-0.05, 0) is 33.3 Å². The molecule has 32 heavy (non-hydrogen) atoms.